The number of fused-ring (bicyclic) bond motifs is 1. The summed E-state index contributed by atoms with van der Waals surface area (Å²) >= 11 is 0. The summed E-state index contributed by atoms with van der Waals surface area (Å²) in [6.07, 6.45) is 0. The second kappa shape index (κ2) is 6.71. The molecule has 0 aliphatic carbocycles. The molecule has 24 heavy (non-hydrogen) atoms. The Morgan fingerprint density at radius 3 is 2.67 bits per heavy atom. The quantitative estimate of drug-likeness (QED) is 0.770. The van der Waals surface area contributed by atoms with E-state index in [2.05, 4.69) is 10.3 Å². The molecule has 3 rings (SSSR count). The van der Waals surface area contributed by atoms with Gasteiger partial charge in [0.1, 0.15) is 11.6 Å². The Bertz CT molecular complexity index is 883. The lowest BCUT2D eigenvalue weighted by atomic mass is 10.0. The minimum atomic E-state index is -0.215. The number of amides is 1. The van der Waals surface area contributed by atoms with Crippen LogP contribution in [0.5, 0.6) is 5.75 Å². The number of nitrogens with one attached hydrogen (secondary N) is 1. The molecule has 3 aromatic rings. The van der Waals surface area contributed by atoms with Gasteiger partial charge in [0, 0.05) is 5.69 Å². The predicted octanol–water partition coefficient (Wildman–Crippen LogP) is 4.50. The molecule has 0 radical (unpaired) electrons. The molecule has 0 saturated carbocycles. The molecule has 2 aromatic carbocycles. The first-order valence-corrected chi connectivity index (χ1v) is 7.99. The van der Waals surface area contributed by atoms with E-state index in [9.17, 15) is 4.79 Å². The minimum absolute atomic E-state index is 0.215. The Balaban J connectivity index is 2.06. The van der Waals surface area contributed by atoms with E-state index >= 15 is 0 Å². The van der Waals surface area contributed by atoms with Gasteiger partial charge >= 0.3 is 0 Å². The molecule has 0 saturated heterocycles. The number of carbonyl (C=O) groups excluding carboxylic acids is 1. The zero-order valence-corrected chi connectivity index (χ0v) is 14.1. The maximum Gasteiger partial charge on any atom is 0.261 e. The molecule has 0 bridgehead atoms. The Morgan fingerprint density at radius 1 is 1.12 bits per heavy atom. The summed E-state index contributed by atoms with van der Waals surface area (Å²) in [7, 11) is 0. The number of aryl methyl sites for hydroxylation is 2. The van der Waals surface area contributed by atoms with Gasteiger partial charge in [-0.15, -0.1) is 0 Å². The van der Waals surface area contributed by atoms with E-state index in [1.165, 1.54) is 0 Å². The minimum Gasteiger partial charge on any atom is -0.493 e. The van der Waals surface area contributed by atoms with E-state index < -0.39 is 0 Å². The molecule has 0 atom stereocenters. The fourth-order valence-corrected chi connectivity index (χ4v) is 2.85. The molecule has 122 valence electrons. The fraction of sp³-hybridized carbons (Fsp3) is 0.200. The molecule has 0 aliphatic heterocycles. The molecule has 0 spiro atoms. The van der Waals surface area contributed by atoms with Crippen molar-refractivity contribution in [2.75, 3.05) is 11.9 Å². The van der Waals surface area contributed by atoms with Crippen molar-refractivity contribution in [3.05, 3.63) is 65.4 Å². The Hall–Kier alpha value is -2.88. The molecular formula is C20H20N2O2. The molecule has 0 fully saturated rings. The van der Waals surface area contributed by atoms with Crippen LogP contribution in [0.25, 0.3) is 10.8 Å². The summed E-state index contributed by atoms with van der Waals surface area (Å²) in [5.74, 6) is 0.915. The zero-order chi connectivity index (χ0) is 17.1. The van der Waals surface area contributed by atoms with Gasteiger partial charge in [-0.05, 0) is 55.3 Å². The molecule has 1 aromatic heterocycles. The summed E-state index contributed by atoms with van der Waals surface area (Å²) in [4.78, 5) is 17.3. The second-order valence-corrected chi connectivity index (χ2v) is 5.72. The van der Waals surface area contributed by atoms with Crippen LogP contribution in [-0.2, 0) is 0 Å². The van der Waals surface area contributed by atoms with Crippen LogP contribution in [0.15, 0.2) is 48.5 Å². The third kappa shape index (κ3) is 3.23. The Labute approximate surface area is 141 Å². The lowest BCUT2D eigenvalue weighted by molar-refractivity contribution is 0.102. The molecule has 4 heteroatoms. The highest BCUT2D eigenvalue weighted by atomic mass is 16.5. The van der Waals surface area contributed by atoms with Crippen molar-refractivity contribution < 1.29 is 9.53 Å². The lowest BCUT2D eigenvalue weighted by Crippen LogP contribution is -2.15. The van der Waals surface area contributed by atoms with Gasteiger partial charge < -0.3 is 10.1 Å². The Kier molecular flexibility index (Phi) is 4.47. The largest absolute Gasteiger partial charge is 0.493 e. The van der Waals surface area contributed by atoms with E-state index in [1.807, 2.05) is 69.3 Å². The normalized spacial score (nSPS) is 10.6. The lowest BCUT2D eigenvalue weighted by Gasteiger charge is -2.13. The third-order valence-corrected chi connectivity index (χ3v) is 3.76. The van der Waals surface area contributed by atoms with Crippen molar-refractivity contribution in [2.45, 2.75) is 20.8 Å². The average molecular weight is 320 g/mol. The first kappa shape index (κ1) is 16.0. The maximum absolute atomic E-state index is 12.9. The fourth-order valence-electron chi connectivity index (χ4n) is 2.85. The first-order chi connectivity index (χ1) is 11.6. The summed E-state index contributed by atoms with van der Waals surface area (Å²) in [5.41, 5.74) is 2.46. The average Bonchev–Trinajstić information content (AvgIpc) is 2.53. The van der Waals surface area contributed by atoms with Crippen molar-refractivity contribution >= 4 is 22.5 Å². The van der Waals surface area contributed by atoms with Crippen LogP contribution in [-0.4, -0.2) is 17.5 Å². The Morgan fingerprint density at radius 2 is 1.92 bits per heavy atom. The van der Waals surface area contributed by atoms with Gasteiger partial charge in [-0.25, -0.2) is 4.98 Å². The van der Waals surface area contributed by atoms with Crippen LogP contribution in [0.3, 0.4) is 0 Å². The van der Waals surface area contributed by atoms with Crippen LogP contribution >= 0.6 is 0 Å². The van der Waals surface area contributed by atoms with Crippen molar-refractivity contribution in [1.82, 2.24) is 4.98 Å². The maximum atomic E-state index is 12.9. The SMILES string of the molecule is CCOc1ccc2ccccc2c1C(=O)Nc1cc(C)cc(C)n1. The van der Waals surface area contributed by atoms with Gasteiger partial charge in [-0.1, -0.05) is 30.3 Å². The third-order valence-electron chi connectivity index (χ3n) is 3.76. The number of pyridine rings is 1. The van der Waals surface area contributed by atoms with Crippen molar-refractivity contribution in [3.8, 4) is 5.75 Å². The number of carbonyl (C=O) groups is 1. The number of anilines is 1. The van der Waals surface area contributed by atoms with Gasteiger partial charge in [0.2, 0.25) is 0 Å². The number of rotatable bonds is 4. The number of nitrogens with zero attached hydrogens (tertiary/aromatic N) is 1. The molecule has 1 amide bonds. The van der Waals surface area contributed by atoms with Gasteiger partial charge in [0.05, 0.1) is 12.2 Å². The van der Waals surface area contributed by atoms with E-state index in [0.29, 0.717) is 23.7 Å². The van der Waals surface area contributed by atoms with Crippen LogP contribution in [0.4, 0.5) is 5.82 Å². The summed E-state index contributed by atoms with van der Waals surface area (Å²) in [6, 6.07) is 15.4. The smallest absolute Gasteiger partial charge is 0.261 e. The van der Waals surface area contributed by atoms with E-state index in [4.69, 9.17) is 4.74 Å². The standard InChI is InChI=1S/C20H20N2O2/c1-4-24-17-10-9-15-7-5-6-8-16(15)19(17)20(23)22-18-12-13(2)11-14(3)21-18/h5-12H,4H2,1-3H3,(H,21,22,23). The van der Waals surface area contributed by atoms with Gasteiger partial charge in [-0.3, -0.25) is 4.79 Å². The zero-order valence-electron chi connectivity index (χ0n) is 14.1. The molecular weight excluding hydrogens is 300 g/mol. The second-order valence-electron chi connectivity index (χ2n) is 5.72. The van der Waals surface area contributed by atoms with Gasteiger partial charge in [0.25, 0.3) is 5.91 Å². The van der Waals surface area contributed by atoms with Crippen molar-refractivity contribution in [1.29, 1.82) is 0 Å². The van der Waals surface area contributed by atoms with E-state index in [1.54, 1.807) is 0 Å². The van der Waals surface area contributed by atoms with Crippen LogP contribution < -0.4 is 10.1 Å². The first-order valence-electron chi connectivity index (χ1n) is 7.99. The summed E-state index contributed by atoms with van der Waals surface area (Å²) in [5, 5.41) is 4.77. The van der Waals surface area contributed by atoms with Gasteiger partial charge in [0.15, 0.2) is 0 Å². The predicted molar refractivity (Wildman–Crippen MR) is 96.8 cm³/mol. The number of benzene rings is 2. The monoisotopic (exact) mass is 320 g/mol. The highest BCUT2D eigenvalue weighted by Crippen LogP contribution is 2.29. The highest BCUT2D eigenvalue weighted by molar-refractivity contribution is 6.14. The topological polar surface area (TPSA) is 51.2 Å². The van der Waals surface area contributed by atoms with Crippen LogP contribution in [0.2, 0.25) is 0 Å². The van der Waals surface area contributed by atoms with Crippen molar-refractivity contribution in [2.24, 2.45) is 0 Å². The molecule has 1 heterocycles. The number of aromatic nitrogens is 1. The highest BCUT2D eigenvalue weighted by Gasteiger charge is 2.17. The number of ether oxygens (including phenoxy) is 1. The summed E-state index contributed by atoms with van der Waals surface area (Å²) < 4.78 is 5.67. The van der Waals surface area contributed by atoms with Gasteiger partial charge in [-0.2, -0.15) is 0 Å². The van der Waals surface area contributed by atoms with Crippen molar-refractivity contribution in [3.63, 3.8) is 0 Å². The van der Waals surface area contributed by atoms with E-state index in [-0.39, 0.29) is 5.91 Å². The molecule has 1 N–H and O–H groups in total. The number of hydrogen-bond acceptors (Lipinski definition) is 3. The van der Waals surface area contributed by atoms with Crippen LogP contribution in [0.1, 0.15) is 28.5 Å². The molecule has 4 nitrogen and oxygen atoms in total. The molecule has 0 unspecified atom stereocenters. The number of hydrogen-bond donors (Lipinski definition) is 1. The van der Waals surface area contributed by atoms with Crippen LogP contribution in [0, 0.1) is 13.8 Å². The molecule has 0 aliphatic rings. The summed E-state index contributed by atoms with van der Waals surface area (Å²) in [6.45, 7) is 6.29. The van der Waals surface area contributed by atoms with E-state index in [0.717, 1.165) is 22.0 Å².